The van der Waals surface area contributed by atoms with Crippen LogP contribution in [0.5, 0.6) is 11.5 Å². The van der Waals surface area contributed by atoms with Gasteiger partial charge in [0.15, 0.2) is 0 Å². The van der Waals surface area contributed by atoms with E-state index in [4.69, 9.17) is 4.74 Å². The maximum Gasteiger partial charge on any atom is 0.127 e. The van der Waals surface area contributed by atoms with E-state index >= 15 is 0 Å². The first-order valence-corrected chi connectivity index (χ1v) is 9.10. The van der Waals surface area contributed by atoms with Crippen LogP contribution in [0.25, 0.3) is 0 Å². The second-order valence-corrected chi connectivity index (χ2v) is 7.19. The molecule has 2 unspecified atom stereocenters. The molecule has 1 heteroatoms. The number of hydrogen-bond donors (Lipinski definition) is 0. The molecule has 1 saturated carbocycles. The SMILES string of the molecule is Cc1ccc(Oc2ccc(C3CCC3c3ccc(C)cc3)cc2)cc1. The summed E-state index contributed by atoms with van der Waals surface area (Å²) in [6, 6.07) is 25.9. The van der Waals surface area contributed by atoms with Crippen molar-refractivity contribution >= 4 is 0 Å². The monoisotopic (exact) mass is 328 g/mol. The van der Waals surface area contributed by atoms with Crippen LogP contribution in [0.4, 0.5) is 0 Å². The van der Waals surface area contributed by atoms with Crippen LogP contribution in [-0.2, 0) is 0 Å². The number of hydrogen-bond acceptors (Lipinski definition) is 1. The van der Waals surface area contributed by atoms with Crippen molar-refractivity contribution in [2.24, 2.45) is 0 Å². The van der Waals surface area contributed by atoms with E-state index in [1.54, 1.807) is 0 Å². The van der Waals surface area contributed by atoms with Crippen LogP contribution >= 0.6 is 0 Å². The Hall–Kier alpha value is -2.54. The molecule has 0 bridgehead atoms. The lowest BCUT2D eigenvalue weighted by Crippen LogP contribution is -2.21. The maximum absolute atomic E-state index is 5.94. The molecule has 3 aromatic rings. The molecule has 0 aliphatic heterocycles. The predicted molar refractivity (Wildman–Crippen MR) is 104 cm³/mol. The predicted octanol–water partition coefficient (Wildman–Crippen LogP) is 6.76. The molecule has 126 valence electrons. The number of aryl methyl sites for hydroxylation is 2. The van der Waals surface area contributed by atoms with Crippen molar-refractivity contribution in [3.8, 4) is 11.5 Å². The van der Waals surface area contributed by atoms with Gasteiger partial charge in [-0.25, -0.2) is 0 Å². The van der Waals surface area contributed by atoms with Crippen LogP contribution in [0.2, 0.25) is 0 Å². The fraction of sp³-hybridized carbons (Fsp3) is 0.250. The van der Waals surface area contributed by atoms with Gasteiger partial charge in [0.05, 0.1) is 0 Å². The summed E-state index contributed by atoms with van der Waals surface area (Å²) in [6.45, 7) is 4.23. The Morgan fingerprint density at radius 1 is 0.560 bits per heavy atom. The standard InChI is InChI=1S/C24H24O/c1-17-3-7-19(8-4-17)23-15-16-24(23)20-9-13-22(14-10-20)25-21-11-5-18(2)6-12-21/h3-14,23-24H,15-16H2,1-2H3. The molecule has 2 atom stereocenters. The van der Waals surface area contributed by atoms with Gasteiger partial charge in [-0.05, 0) is 73.9 Å². The van der Waals surface area contributed by atoms with Gasteiger partial charge < -0.3 is 4.74 Å². The van der Waals surface area contributed by atoms with Crippen LogP contribution in [0, 0.1) is 13.8 Å². The first kappa shape index (κ1) is 16.0. The number of rotatable bonds is 4. The summed E-state index contributed by atoms with van der Waals surface area (Å²) in [6.07, 6.45) is 2.56. The Labute approximate surface area is 150 Å². The van der Waals surface area contributed by atoms with Gasteiger partial charge in [-0.15, -0.1) is 0 Å². The normalized spacial score (nSPS) is 19.3. The summed E-state index contributed by atoms with van der Waals surface area (Å²) in [4.78, 5) is 0. The highest BCUT2D eigenvalue weighted by Crippen LogP contribution is 2.49. The van der Waals surface area contributed by atoms with Crippen molar-refractivity contribution in [1.29, 1.82) is 0 Å². The summed E-state index contributed by atoms with van der Waals surface area (Å²) < 4.78 is 5.94. The Bertz CT molecular complexity index is 829. The smallest absolute Gasteiger partial charge is 0.127 e. The van der Waals surface area contributed by atoms with E-state index in [1.165, 1.54) is 35.1 Å². The first-order valence-electron chi connectivity index (χ1n) is 9.10. The molecule has 1 aliphatic rings. The lowest BCUT2D eigenvalue weighted by Gasteiger charge is -2.37. The molecule has 0 saturated heterocycles. The van der Waals surface area contributed by atoms with Crippen molar-refractivity contribution in [1.82, 2.24) is 0 Å². The van der Waals surface area contributed by atoms with Crippen LogP contribution < -0.4 is 4.74 Å². The summed E-state index contributed by atoms with van der Waals surface area (Å²) >= 11 is 0. The third-order valence-corrected chi connectivity index (χ3v) is 5.34. The van der Waals surface area contributed by atoms with Crippen LogP contribution in [0.15, 0.2) is 72.8 Å². The van der Waals surface area contributed by atoms with Crippen molar-refractivity contribution in [2.75, 3.05) is 0 Å². The highest BCUT2D eigenvalue weighted by atomic mass is 16.5. The van der Waals surface area contributed by atoms with Crippen molar-refractivity contribution in [2.45, 2.75) is 38.5 Å². The number of ether oxygens (including phenoxy) is 1. The minimum absolute atomic E-state index is 0.635. The molecule has 0 radical (unpaired) electrons. The topological polar surface area (TPSA) is 9.23 Å². The number of benzene rings is 3. The van der Waals surface area contributed by atoms with E-state index in [0.29, 0.717) is 11.8 Å². The summed E-state index contributed by atoms with van der Waals surface area (Å²) in [5.74, 6) is 3.08. The molecule has 0 aromatic heterocycles. The van der Waals surface area contributed by atoms with Gasteiger partial charge in [0.1, 0.15) is 11.5 Å². The summed E-state index contributed by atoms with van der Waals surface area (Å²) in [5, 5.41) is 0. The van der Waals surface area contributed by atoms with E-state index in [2.05, 4.69) is 74.5 Å². The van der Waals surface area contributed by atoms with E-state index in [1.807, 2.05) is 12.1 Å². The Kier molecular flexibility index (Phi) is 4.31. The Morgan fingerprint density at radius 3 is 1.36 bits per heavy atom. The second kappa shape index (κ2) is 6.76. The fourth-order valence-electron chi connectivity index (χ4n) is 3.64. The molecule has 1 nitrogen and oxygen atoms in total. The quantitative estimate of drug-likeness (QED) is 0.514. The van der Waals surface area contributed by atoms with Gasteiger partial charge in [0.25, 0.3) is 0 Å². The van der Waals surface area contributed by atoms with Gasteiger partial charge in [-0.1, -0.05) is 59.7 Å². The zero-order valence-corrected chi connectivity index (χ0v) is 14.9. The van der Waals surface area contributed by atoms with E-state index in [9.17, 15) is 0 Å². The van der Waals surface area contributed by atoms with Crippen molar-refractivity contribution < 1.29 is 4.74 Å². The average Bonchev–Trinajstić information content (AvgIpc) is 2.60. The molecule has 4 rings (SSSR count). The van der Waals surface area contributed by atoms with Crippen LogP contribution in [0.3, 0.4) is 0 Å². The molecular formula is C24H24O. The molecule has 3 aromatic carbocycles. The van der Waals surface area contributed by atoms with Gasteiger partial charge in [-0.2, -0.15) is 0 Å². The highest BCUT2D eigenvalue weighted by molar-refractivity contribution is 5.38. The third-order valence-electron chi connectivity index (χ3n) is 5.34. The van der Waals surface area contributed by atoms with Crippen LogP contribution in [0.1, 0.15) is 46.9 Å². The van der Waals surface area contributed by atoms with E-state index in [-0.39, 0.29) is 0 Å². The largest absolute Gasteiger partial charge is 0.457 e. The minimum Gasteiger partial charge on any atom is -0.457 e. The van der Waals surface area contributed by atoms with Gasteiger partial charge in [-0.3, -0.25) is 0 Å². The average molecular weight is 328 g/mol. The lowest BCUT2D eigenvalue weighted by molar-refractivity contribution is 0.346. The Morgan fingerprint density at radius 2 is 0.920 bits per heavy atom. The zero-order valence-electron chi connectivity index (χ0n) is 14.9. The maximum atomic E-state index is 5.94. The van der Waals surface area contributed by atoms with Crippen molar-refractivity contribution in [3.63, 3.8) is 0 Å². The zero-order chi connectivity index (χ0) is 17.2. The molecule has 0 heterocycles. The minimum atomic E-state index is 0.635. The van der Waals surface area contributed by atoms with Gasteiger partial charge in [0, 0.05) is 0 Å². The third kappa shape index (κ3) is 3.46. The van der Waals surface area contributed by atoms with E-state index < -0.39 is 0 Å². The second-order valence-electron chi connectivity index (χ2n) is 7.19. The fourth-order valence-corrected chi connectivity index (χ4v) is 3.64. The first-order chi connectivity index (χ1) is 12.2. The molecule has 0 N–H and O–H groups in total. The van der Waals surface area contributed by atoms with Gasteiger partial charge >= 0.3 is 0 Å². The van der Waals surface area contributed by atoms with E-state index in [0.717, 1.165) is 11.5 Å². The molecule has 25 heavy (non-hydrogen) atoms. The molecule has 1 aliphatic carbocycles. The highest BCUT2D eigenvalue weighted by Gasteiger charge is 2.33. The van der Waals surface area contributed by atoms with Gasteiger partial charge in [0.2, 0.25) is 0 Å². The molecular weight excluding hydrogens is 304 g/mol. The lowest BCUT2D eigenvalue weighted by atomic mass is 9.67. The molecule has 0 spiro atoms. The van der Waals surface area contributed by atoms with Crippen LogP contribution in [-0.4, -0.2) is 0 Å². The molecule has 1 fully saturated rings. The summed E-state index contributed by atoms with van der Waals surface area (Å²) in [7, 11) is 0. The Balaban J connectivity index is 1.46. The molecule has 0 amide bonds. The van der Waals surface area contributed by atoms with Crippen molar-refractivity contribution in [3.05, 3.63) is 95.1 Å². The summed E-state index contributed by atoms with van der Waals surface area (Å²) in [5.41, 5.74) is 5.47.